The fourth-order valence-electron chi connectivity index (χ4n) is 4.58. The van der Waals surface area contributed by atoms with Crippen LogP contribution in [0.25, 0.3) is 17.4 Å². The SMILES string of the molecule is CCOC(=O)C1=C(C)N=c2s/c(=C\c3ccc(-c4ccc(Cl)c([N+](=O)[O-])c4)o3)c(=O)n2[C@H]1c1ccc(N(C)C)cc1. The van der Waals surface area contributed by atoms with Gasteiger partial charge in [0, 0.05) is 37.5 Å². The molecule has 1 aliphatic rings. The van der Waals surface area contributed by atoms with Gasteiger partial charge in [0.25, 0.3) is 11.2 Å². The van der Waals surface area contributed by atoms with E-state index in [9.17, 15) is 19.7 Å². The van der Waals surface area contributed by atoms with Crippen LogP contribution in [0, 0.1) is 10.1 Å². The maximum absolute atomic E-state index is 13.8. The number of ether oxygens (including phenoxy) is 1. The molecule has 4 aromatic rings. The van der Waals surface area contributed by atoms with Gasteiger partial charge in [-0.05, 0) is 55.8 Å². The zero-order valence-electron chi connectivity index (χ0n) is 22.6. The van der Waals surface area contributed by atoms with E-state index in [1.54, 1.807) is 38.1 Å². The first-order valence-corrected chi connectivity index (χ1v) is 13.8. The van der Waals surface area contributed by atoms with Crippen LogP contribution in [0.2, 0.25) is 5.02 Å². The topological polar surface area (TPSA) is 120 Å². The molecule has 3 heterocycles. The Balaban J connectivity index is 1.61. The number of nitro groups is 1. The van der Waals surface area contributed by atoms with Crippen LogP contribution in [0.1, 0.15) is 31.2 Å². The molecule has 0 bridgehead atoms. The van der Waals surface area contributed by atoms with E-state index in [0.717, 1.165) is 11.3 Å². The molecule has 1 atom stereocenters. The van der Waals surface area contributed by atoms with Crippen LogP contribution in [-0.2, 0) is 9.53 Å². The highest BCUT2D eigenvalue weighted by molar-refractivity contribution is 7.07. The Hall–Kier alpha value is -4.48. The van der Waals surface area contributed by atoms with E-state index in [0.29, 0.717) is 37.7 Å². The highest BCUT2D eigenvalue weighted by Crippen LogP contribution is 2.33. The number of aromatic nitrogens is 1. The number of halogens is 1. The number of hydrogen-bond donors (Lipinski definition) is 0. The molecular weight excluding hydrogens is 568 g/mol. The van der Waals surface area contributed by atoms with E-state index in [2.05, 4.69) is 4.99 Å². The van der Waals surface area contributed by atoms with Gasteiger partial charge in [-0.15, -0.1) is 0 Å². The summed E-state index contributed by atoms with van der Waals surface area (Å²) < 4.78 is 13.1. The molecular formula is C29H25ClN4O6S. The first-order valence-electron chi connectivity index (χ1n) is 12.6. The standard InChI is InChI=1S/C29H25ClN4O6S/c1-5-39-28(36)25-16(2)31-29-33(26(25)17-6-9-19(10-7-17)32(3)4)27(35)24(41-29)15-20-11-13-23(40-20)18-8-12-21(30)22(14-18)34(37)38/h6-15,26H,5H2,1-4H3/b24-15-/t26-/m0/s1. The molecule has 1 aliphatic heterocycles. The van der Waals surface area contributed by atoms with Gasteiger partial charge < -0.3 is 14.1 Å². The van der Waals surface area contributed by atoms with Crippen molar-refractivity contribution in [2.75, 3.05) is 25.6 Å². The Morgan fingerprint density at radius 2 is 1.95 bits per heavy atom. The normalized spacial score (nSPS) is 15.0. The van der Waals surface area contributed by atoms with Crippen LogP contribution in [0.5, 0.6) is 0 Å². The number of thiazole rings is 1. The molecule has 10 nitrogen and oxygen atoms in total. The lowest BCUT2D eigenvalue weighted by Gasteiger charge is -2.25. The Labute approximate surface area is 243 Å². The molecule has 0 saturated heterocycles. The molecule has 0 fully saturated rings. The van der Waals surface area contributed by atoms with Crippen molar-refractivity contribution in [3.05, 3.63) is 112 Å². The third kappa shape index (κ3) is 5.33. The predicted octanol–water partition coefficient (Wildman–Crippen LogP) is 4.69. The van der Waals surface area contributed by atoms with Gasteiger partial charge in [-0.1, -0.05) is 35.1 Å². The number of carbonyl (C=O) groups excluding carboxylic acids is 1. The minimum Gasteiger partial charge on any atom is -0.463 e. The van der Waals surface area contributed by atoms with Crippen molar-refractivity contribution >= 4 is 46.4 Å². The molecule has 41 heavy (non-hydrogen) atoms. The van der Waals surface area contributed by atoms with Gasteiger partial charge in [-0.2, -0.15) is 0 Å². The average molecular weight is 593 g/mol. The molecule has 0 spiro atoms. The number of esters is 1. The summed E-state index contributed by atoms with van der Waals surface area (Å²) in [5.74, 6) is 0.219. The van der Waals surface area contributed by atoms with Gasteiger partial charge in [0.15, 0.2) is 4.80 Å². The van der Waals surface area contributed by atoms with E-state index >= 15 is 0 Å². The summed E-state index contributed by atoms with van der Waals surface area (Å²) in [6.07, 6.45) is 1.59. The summed E-state index contributed by atoms with van der Waals surface area (Å²) in [6, 6.07) is 14.6. The number of rotatable bonds is 7. The van der Waals surface area contributed by atoms with Crippen molar-refractivity contribution in [2.45, 2.75) is 19.9 Å². The Kier molecular flexibility index (Phi) is 7.65. The van der Waals surface area contributed by atoms with E-state index in [-0.39, 0.29) is 22.9 Å². The minimum atomic E-state index is -0.731. The van der Waals surface area contributed by atoms with Crippen molar-refractivity contribution in [1.29, 1.82) is 0 Å². The number of furan rings is 1. The van der Waals surface area contributed by atoms with E-state index < -0.39 is 16.9 Å². The summed E-state index contributed by atoms with van der Waals surface area (Å²) in [4.78, 5) is 44.6. The number of allylic oxidation sites excluding steroid dienone is 1. The van der Waals surface area contributed by atoms with Crippen LogP contribution in [0.3, 0.4) is 0 Å². The van der Waals surface area contributed by atoms with Crippen LogP contribution >= 0.6 is 22.9 Å². The Bertz CT molecular complexity index is 1880. The molecule has 0 amide bonds. The second-order valence-electron chi connectivity index (χ2n) is 9.41. The molecule has 2 aromatic heterocycles. The number of carbonyl (C=O) groups is 1. The summed E-state index contributed by atoms with van der Waals surface area (Å²) in [7, 11) is 3.86. The third-order valence-electron chi connectivity index (χ3n) is 6.57. The fraction of sp³-hybridized carbons (Fsp3) is 0.207. The van der Waals surface area contributed by atoms with Crippen LogP contribution in [0.4, 0.5) is 11.4 Å². The van der Waals surface area contributed by atoms with Gasteiger partial charge in [0.2, 0.25) is 0 Å². The molecule has 0 aliphatic carbocycles. The van der Waals surface area contributed by atoms with Gasteiger partial charge in [-0.3, -0.25) is 19.5 Å². The minimum absolute atomic E-state index is 0.0232. The fourth-order valence-corrected chi connectivity index (χ4v) is 5.80. The smallest absolute Gasteiger partial charge is 0.338 e. The summed E-state index contributed by atoms with van der Waals surface area (Å²) in [5.41, 5.74) is 2.38. The summed E-state index contributed by atoms with van der Waals surface area (Å²) >= 11 is 7.11. The molecule has 2 aromatic carbocycles. The lowest BCUT2D eigenvalue weighted by atomic mass is 9.95. The number of hydrogen-bond acceptors (Lipinski definition) is 9. The van der Waals surface area contributed by atoms with Crippen molar-refractivity contribution in [2.24, 2.45) is 4.99 Å². The van der Waals surface area contributed by atoms with E-state index in [1.165, 1.54) is 28.0 Å². The zero-order chi connectivity index (χ0) is 29.4. The van der Waals surface area contributed by atoms with Crippen molar-refractivity contribution in [3.63, 3.8) is 0 Å². The zero-order valence-corrected chi connectivity index (χ0v) is 24.2. The van der Waals surface area contributed by atoms with Gasteiger partial charge in [0.05, 0.1) is 33.4 Å². The third-order valence-corrected chi connectivity index (χ3v) is 7.87. The first kappa shape index (κ1) is 28.1. The van der Waals surface area contributed by atoms with E-state index in [1.807, 2.05) is 43.3 Å². The van der Waals surface area contributed by atoms with Crippen LogP contribution in [-0.4, -0.2) is 36.2 Å². The predicted molar refractivity (Wildman–Crippen MR) is 157 cm³/mol. The monoisotopic (exact) mass is 592 g/mol. The Morgan fingerprint density at radius 3 is 2.61 bits per heavy atom. The quantitative estimate of drug-likeness (QED) is 0.173. The summed E-state index contributed by atoms with van der Waals surface area (Å²) in [5, 5.41) is 11.3. The molecule has 0 radical (unpaired) electrons. The van der Waals surface area contributed by atoms with Crippen molar-refractivity contribution < 1.29 is 18.9 Å². The average Bonchev–Trinajstić information content (AvgIpc) is 3.52. The Morgan fingerprint density at radius 1 is 1.22 bits per heavy atom. The molecule has 0 N–H and O–H groups in total. The van der Waals surface area contributed by atoms with Crippen LogP contribution in [0.15, 0.2) is 80.1 Å². The maximum atomic E-state index is 13.8. The largest absolute Gasteiger partial charge is 0.463 e. The first-order chi connectivity index (χ1) is 19.6. The highest BCUT2D eigenvalue weighted by Gasteiger charge is 2.33. The molecule has 0 unspecified atom stereocenters. The molecule has 12 heteroatoms. The number of anilines is 1. The van der Waals surface area contributed by atoms with Crippen molar-refractivity contribution in [1.82, 2.24) is 4.57 Å². The lowest BCUT2D eigenvalue weighted by molar-refractivity contribution is -0.384. The maximum Gasteiger partial charge on any atom is 0.338 e. The van der Waals surface area contributed by atoms with Crippen molar-refractivity contribution in [3.8, 4) is 11.3 Å². The van der Waals surface area contributed by atoms with Crippen LogP contribution < -0.4 is 19.8 Å². The second-order valence-corrected chi connectivity index (χ2v) is 10.8. The molecule has 210 valence electrons. The summed E-state index contributed by atoms with van der Waals surface area (Å²) in [6.45, 7) is 3.64. The number of nitrogens with zero attached hydrogens (tertiary/aromatic N) is 4. The number of nitro benzene ring substituents is 1. The molecule has 5 rings (SSSR count). The number of fused-ring (bicyclic) bond motifs is 1. The van der Waals surface area contributed by atoms with Gasteiger partial charge in [0.1, 0.15) is 16.5 Å². The van der Waals surface area contributed by atoms with Gasteiger partial charge >= 0.3 is 5.97 Å². The van der Waals surface area contributed by atoms with Gasteiger partial charge in [-0.25, -0.2) is 9.79 Å². The molecule has 0 saturated carbocycles. The second kappa shape index (κ2) is 11.2. The lowest BCUT2D eigenvalue weighted by Crippen LogP contribution is -2.39. The highest BCUT2D eigenvalue weighted by atomic mass is 35.5. The number of benzene rings is 2. The van der Waals surface area contributed by atoms with E-state index in [4.69, 9.17) is 20.8 Å².